The van der Waals surface area contributed by atoms with Crippen LogP contribution in [-0.4, -0.2) is 29.9 Å². The number of ether oxygens (including phenoxy) is 2. The smallest absolute Gasteiger partial charge is 0.420 e. The molecule has 1 N–H and O–H groups in total. The normalized spacial score (nSPS) is 11.5. The summed E-state index contributed by atoms with van der Waals surface area (Å²) in [5.74, 6) is 0.134. The lowest BCUT2D eigenvalue weighted by atomic mass is 10.2. The molecule has 0 radical (unpaired) electrons. The Morgan fingerprint density at radius 3 is 2.73 bits per heavy atom. The molecule has 120 valence electrons. The maximum absolute atomic E-state index is 11.9. The van der Waals surface area contributed by atoms with Crippen LogP contribution < -0.4 is 15.8 Å². The molecule has 0 fully saturated rings. The van der Waals surface area contributed by atoms with E-state index in [9.17, 15) is 9.59 Å². The average molecular weight is 308 g/mol. The molecule has 2 rings (SSSR count). The fourth-order valence-corrected chi connectivity index (χ4v) is 1.97. The average Bonchev–Trinajstić information content (AvgIpc) is 2.72. The molecule has 0 bridgehead atoms. The third-order valence-electron chi connectivity index (χ3n) is 2.88. The van der Waals surface area contributed by atoms with E-state index in [0.717, 1.165) is 0 Å². The monoisotopic (exact) mass is 308 g/mol. The van der Waals surface area contributed by atoms with E-state index < -0.39 is 17.5 Å². The standard InChI is InChI=1S/C15H20N2O5/c1-15(2,3)22-13(18)16-7-8-17-11-6-5-10(20-4)9-12(11)21-14(17)19/h5-6,9H,7-8H2,1-4H3,(H,16,18). The van der Waals surface area contributed by atoms with E-state index in [4.69, 9.17) is 13.9 Å². The Hall–Kier alpha value is -2.44. The Bertz CT molecular complexity index is 724. The quantitative estimate of drug-likeness (QED) is 0.935. The summed E-state index contributed by atoms with van der Waals surface area (Å²) in [6, 6.07) is 5.14. The van der Waals surface area contributed by atoms with Crippen LogP contribution in [0.1, 0.15) is 20.8 Å². The van der Waals surface area contributed by atoms with Crippen LogP contribution in [0.5, 0.6) is 5.75 Å². The first-order valence-electron chi connectivity index (χ1n) is 6.94. The highest BCUT2D eigenvalue weighted by Crippen LogP contribution is 2.19. The molecule has 1 heterocycles. The number of benzene rings is 1. The highest BCUT2D eigenvalue weighted by atomic mass is 16.6. The lowest BCUT2D eigenvalue weighted by Crippen LogP contribution is -2.35. The zero-order valence-corrected chi connectivity index (χ0v) is 13.1. The number of oxazole rings is 1. The van der Waals surface area contributed by atoms with E-state index in [2.05, 4.69) is 5.32 Å². The second-order valence-corrected chi connectivity index (χ2v) is 5.78. The molecule has 0 aliphatic carbocycles. The van der Waals surface area contributed by atoms with Crippen molar-refractivity contribution in [3.63, 3.8) is 0 Å². The number of methoxy groups -OCH3 is 1. The van der Waals surface area contributed by atoms with Gasteiger partial charge in [0.15, 0.2) is 5.58 Å². The van der Waals surface area contributed by atoms with Crippen LogP contribution in [-0.2, 0) is 11.3 Å². The summed E-state index contributed by atoms with van der Waals surface area (Å²) in [4.78, 5) is 23.4. The summed E-state index contributed by atoms with van der Waals surface area (Å²) in [7, 11) is 1.54. The minimum absolute atomic E-state index is 0.259. The van der Waals surface area contributed by atoms with Crippen molar-refractivity contribution in [1.82, 2.24) is 9.88 Å². The summed E-state index contributed by atoms with van der Waals surface area (Å²) < 4.78 is 16.8. The Morgan fingerprint density at radius 2 is 2.09 bits per heavy atom. The molecule has 7 heteroatoms. The van der Waals surface area contributed by atoms with Gasteiger partial charge in [0.2, 0.25) is 0 Å². The summed E-state index contributed by atoms with van der Waals surface area (Å²) in [6.45, 7) is 5.91. The number of carbonyl (C=O) groups excluding carboxylic acids is 1. The van der Waals surface area contributed by atoms with Gasteiger partial charge in [-0.25, -0.2) is 9.59 Å². The van der Waals surface area contributed by atoms with E-state index in [1.165, 1.54) is 4.57 Å². The largest absolute Gasteiger partial charge is 0.497 e. The number of hydrogen-bond donors (Lipinski definition) is 1. The van der Waals surface area contributed by atoms with E-state index in [1.54, 1.807) is 46.1 Å². The van der Waals surface area contributed by atoms with Gasteiger partial charge in [-0.2, -0.15) is 0 Å². The highest BCUT2D eigenvalue weighted by molar-refractivity contribution is 5.74. The van der Waals surface area contributed by atoms with Gasteiger partial charge in [-0.1, -0.05) is 0 Å². The van der Waals surface area contributed by atoms with Crippen LogP contribution in [0.2, 0.25) is 0 Å². The van der Waals surface area contributed by atoms with E-state index >= 15 is 0 Å². The number of amides is 1. The van der Waals surface area contributed by atoms with Crippen molar-refractivity contribution in [2.24, 2.45) is 0 Å². The first-order chi connectivity index (χ1) is 10.3. The number of carbonyl (C=O) groups is 1. The number of nitrogens with one attached hydrogen (secondary N) is 1. The van der Waals surface area contributed by atoms with Gasteiger partial charge < -0.3 is 19.2 Å². The zero-order chi connectivity index (χ0) is 16.3. The second kappa shape index (κ2) is 6.13. The first-order valence-corrected chi connectivity index (χ1v) is 6.94. The number of nitrogens with zero attached hydrogens (tertiary/aromatic N) is 1. The van der Waals surface area contributed by atoms with Crippen molar-refractivity contribution in [2.45, 2.75) is 32.9 Å². The van der Waals surface area contributed by atoms with Crippen molar-refractivity contribution in [1.29, 1.82) is 0 Å². The second-order valence-electron chi connectivity index (χ2n) is 5.78. The predicted molar refractivity (Wildman–Crippen MR) is 81.3 cm³/mol. The number of aromatic nitrogens is 1. The third-order valence-corrected chi connectivity index (χ3v) is 2.88. The van der Waals surface area contributed by atoms with Crippen molar-refractivity contribution in [3.8, 4) is 5.75 Å². The molecule has 1 aromatic carbocycles. The minimum atomic E-state index is -0.556. The van der Waals surface area contributed by atoms with Gasteiger partial charge in [0.05, 0.1) is 12.6 Å². The van der Waals surface area contributed by atoms with Crippen molar-refractivity contribution in [3.05, 3.63) is 28.7 Å². The molecule has 0 saturated heterocycles. The van der Waals surface area contributed by atoms with Gasteiger partial charge in [0.1, 0.15) is 11.4 Å². The molecule has 0 unspecified atom stereocenters. The van der Waals surface area contributed by atoms with Crippen LogP contribution in [0.3, 0.4) is 0 Å². The van der Waals surface area contributed by atoms with Gasteiger partial charge in [-0.05, 0) is 32.9 Å². The lowest BCUT2D eigenvalue weighted by Gasteiger charge is -2.19. The predicted octanol–water partition coefficient (Wildman–Crippen LogP) is 2.13. The van der Waals surface area contributed by atoms with Crippen LogP contribution in [0.15, 0.2) is 27.4 Å². The first kappa shape index (κ1) is 15.9. The molecule has 1 amide bonds. The number of hydrogen-bond acceptors (Lipinski definition) is 5. The summed E-state index contributed by atoms with van der Waals surface area (Å²) in [5, 5.41) is 2.60. The lowest BCUT2D eigenvalue weighted by molar-refractivity contribution is 0.0526. The van der Waals surface area contributed by atoms with Crippen molar-refractivity contribution >= 4 is 17.2 Å². The molecular weight excluding hydrogens is 288 g/mol. The zero-order valence-electron chi connectivity index (χ0n) is 13.1. The summed E-state index contributed by atoms with van der Waals surface area (Å²) in [5.41, 5.74) is 0.540. The van der Waals surface area contributed by atoms with Crippen LogP contribution in [0, 0.1) is 0 Å². The molecule has 2 aromatic rings. The van der Waals surface area contributed by atoms with Crippen molar-refractivity contribution < 1.29 is 18.7 Å². The van der Waals surface area contributed by atoms with Crippen LogP contribution in [0.25, 0.3) is 11.1 Å². The van der Waals surface area contributed by atoms with E-state index in [-0.39, 0.29) is 13.1 Å². The molecule has 0 aliphatic heterocycles. The Morgan fingerprint density at radius 1 is 1.36 bits per heavy atom. The number of fused-ring (bicyclic) bond motifs is 1. The van der Waals surface area contributed by atoms with Gasteiger partial charge in [-0.3, -0.25) is 4.57 Å². The van der Waals surface area contributed by atoms with Gasteiger partial charge in [0.25, 0.3) is 0 Å². The van der Waals surface area contributed by atoms with Gasteiger partial charge >= 0.3 is 11.8 Å². The van der Waals surface area contributed by atoms with Gasteiger partial charge in [-0.15, -0.1) is 0 Å². The summed E-state index contributed by atoms with van der Waals surface area (Å²) in [6.07, 6.45) is -0.519. The molecule has 7 nitrogen and oxygen atoms in total. The van der Waals surface area contributed by atoms with Crippen LogP contribution >= 0.6 is 0 Å². The van der Waals surface area contributed by atoms with Crippen LogP contribution in [0.4, 0.5) is 4.79 Å². The van der Waals surface area contributed by atoms with Gasteiger partial charge in [0, 0.05) is 19.2 Å². The number of rotatable bonds is 4. The summed E-state index contributed by atoms with van der Waals surface area (Å²) >= 11 is 0. The molecule has 22 heavy (non-hydrogen) atoms. The number of alkyl carbamates (subject to hydrolysis) is 1. The Balaban J connectivity index is 2.04. The van der Waals surface area contributed by atoms with E-state index in [0.29, 0.717) is 16.8 Å². The minimum Gasteiger partial charge on any atom is -0.497 e. The fraction of sp³-hybridized carbons (Fsp3) is 0.467. The molecule has 0 aliphatic rings. The molecule has 0 saturated carbocycles. The molecular formula is C15H20N2O5. The Labute approximate surface area is 127 Å². The van der Waals surface area contributed by atoms with E-state index in [1.807, 2.05) is 0 Å². The molecule has 1 aromatic heterocycles. The molecule has 0 atom stereocenters. The topological polar surface area (TPSA) is 82.7 Å². The maximum atomic E-state index is 11.9. The highest BCUT2D eigenvalue weighted by Gasteiger charge is 2.16. The van der Waals surface area contributed by atoms with Crippen molar-refractivity contribution in [2.75, 3.05) is 13.7 Å². The Kier molecular flexibility index (Phi) is 4.44. The molecule has 0 spiro atoms. The maximum Gasteiger partial charge on any atom is 0.420 e. The SMILES string of the molecule is COc1ccc2c(c1)oc(=O)n2CCNC(=O)OC(C)(C)C. The fourth-order valence-electron chi connectivity index (χ4n) is 1.97. The third kappa shape index (κ3) is 3.81.